The third-order valence-corrected chi connectivity index (χ3v) is 7.81. The van der Waals surface area contributed by atoms with Gasteiger partial charge in [-0.3, -0.25) is 9.36 Å². The van der Waals surface area contributed by atoms with Crippen LogP contribution in [0.3, 0.4) is 0 Å². The third-order valence-electron chi connectivity index (χ3n) is 5.66. The summed E-state index contributed by atoms with van der Waals surface area (Å²) in [6.07, 6.45) is 5.87. The van der Waals surface area contributed by atoms with Gasteiger partial charge >= 0.3 is 0 Å². The lowest BCUT2D eigenvalue weighted by Gasteiger charge is -2.19. The molecule has 2 aromatic heterocycles. The molecule has 3 aromatic rings. The topological polar surface area (TPSA) is 39.3 Å². The number of rotatable bonds is 7. The number of benzene rings is 1. The van der Waals surface area contributed by atoms with Gasteiger partial charge in [0.1, 0.15) is 11.4 Å². The SMILES string of the molecule is CCCCCCSc1nc2sc3c(c2c(=O)n1-c1ccc(C)cc1)CC[NH+](C)C3. The Kier molecular flexibility index (Phi) is 6.42. The molecule has 0 amide bonds. The van der Waals surface area contributed by atoms with E-state index in [4.69, 9.17) is 4.98 Å². The van der Waals surface area contributed by atoms with Crippen LogP contribution in [0.2, 0.25) is 0 Å². The summed E-state index contributed by atoms with van der Waals surface area (Å²) in [4.78, 5) is 22.5. The van der Waals surface area contributed by atoms with Crippen LogP contribution >= 0.6 is 23.1 Å². The molecular weight excluding hydrogens is 398 g/mol. The lowest BCUT2D eigenvalue weighted by molar-refractivity contribution is -0.895. The van der Waals surface area contributed by atoms with Crippen molar-refractivity contribution in [2.24, 2.45) is 0 Å². The summed E-state index contributed by atoms with van der Waals surface area (Å²) in [5.74, 6) is 1.00. The molecule has 1 atom stereocenters. The lowest BCUT2D eigenvalue weighted by atomic mass is 10.1. The molecule has 0 fully saturated rings. The maximum absolute atomic E-state index is 13.7. The quantitative estimate of drug-likeness (QED) is 0.351. The molecule has 0 saturated heterocycles. The molecule has 1 N–H and O–H groups in total. The zero-order valence-electron chi connectivity index (χ0n) is 17.6. The summed E-state index contributed by atoms with van der Waals surface area (Å²) >= 11 is 3.45. The molecule has 6 heteroatoms. The molecule has 1 aromatic carbocycles. The summed E-state index contributed by atoms with van der Waals surface area (Å²) in [6, 6.07) is 8.23. The maximum Gasteiger partial charge on any atom is 0.267 e. The molecule has 0 radical (unpaired) electrons. The highest BCUT2D eigenvalue weighted by Gasteiger charge is 2.26. The number of quaternary nitrogens is 1. The summed E-state index contributed by atoms with van der Waals surface area (Å²) in [6.45, 7) is 6.39. The van der Waals surface area contributed by atoms with E-state index in [-0.39, 0.29) is 5.56 Å². The molecule has 154 valence electrons. The highest BCUT2D eigenvalue weighted by Crippen LogP contribution is 2.32. The van der Waals surface area contributed by atoms with E-state index in [9.17, 15) is 4.79 Å². The highest BCUT2D eigenvalue weighted by molar-refractivity contribution is 7.99. The first-order chi connectivity index (χ1) is 14.1. The van der Waals surface area contributed by atoms with Crippen molar-refractivity contribution in [2.75, 3.05) is 19.3 Å². The van der Waals surface area contributed by atoms with Gasteiger partial charge < -0.3 is 4.90 Å². The minimum Gasteiger partial charge on any atom is -0.333 e. The average Bonchev–Trinajstić information content (AvgIpc) is 3.06. The van der Waals surface area contributed by atoms with Gasteiger partial charge in [0.25, 0.3) is 5.56 Å². The van der Waals surface area contributed by atoms with E-state index in [1.54, 1.807) is 23.1 Å². The van der Waals surface area contributed by atoms with Gasteiger partial charge in [0.15, 0.2) is 5.16 Å². The predicted molar refractivity (Wildman–Crippen MR) is 124 cm³/mol. The van der Waals surface area contributed by atoms with Crippen LogP contribution in [0.1, 0.15) is 48.6 Å². The highest BCUT2D eigenvalue weighted by atomic mass is 32.2. The Balaban J connectivity index is 1.80. The van der Waals surface area contributed by atoms with Crippen LogP contribution in [-0.2, 0) is 13.0 Å². The van der Waals surface area contributed by atoms with E-state index in [1.165, 1.54) is 40.2 Å². The van der Waals surface area contributed by atoms with E-state index in [0.29, 0.717) is 0 Å². The van der Waals surface area contributed by atoms with Crippen molar-refractivity contribution in [2.45, 2.75) is 57.7 Å². The van der Waals surface area contributed by atoms with Gasteiger partial charge in [0.05, 0.1) is 29.5 Å². The van der Waals surface area contributed by atoms with Gasteiger partial charge in [-0.1, -0.05) is 55.6 Å². The van der Waals surface area contributed by atoms with Crippen molar-refractivity contribution in [3.05, 3.63) is 50.6 Å². The maximum atomic E-state index is 13.7. The number of nitrogens with zero attached hydrogens (tertiary/aromatic N) is 2. The number of nitrogens with one attached hydrogen (secondary N) is 1. The zero-order valence-corrected chi connectivity index (χ0v) is 19.2. The fourth-order valence-corrected chi connectivity index (χ4v) is 6.34. The van der Waals surface area contributed by atoms with Crippen molar-refractivity contribution >= 4 is 33.3 Å². The summed E-state index contributed by atoms with van der Waals surface area (Å²) in [5.41, 5.74) is 3.47. The van der Waals surface area contributed by atoms with Gasteiger partial charge in [-0.05, 0) is 31.0 Å². The summed E-state index contributed by atoms with van der Waals surface area (Å²) in [7, 11) is 2.23. The Labute approximate surface area is 181 Å². The van der Waals surface area contributed by atoms with Crippen LogP contribution in [0.25, 0.3) is 15.9 Å². The van der Waals surface area contributed by atoms with E-state index in [0.717, 1.165) is 52.7 Å². The third kappa shape index (κ3) is 4.30. The van der Waals surface area contributed by atoms with Crippen LogP contribution in [0.15, 0.2) is 34.2 Å². The molecule has 4 nitrogen and oxygen atoms in total. The van der Waals surface area contributed by atoms with Crippen molar-refractivity contribution in [3.8, 4) is 5.69 Å². The molecule has 1 unspecified atom stereocenters. The molecule has 0 spiro atoms. The predicted octanol–water partition coefficient (Wildman–Crippen LogP) is 4.00. The molecule has 29 heavy (non-hydrogen) atoms. The minimum absolute atomic E-state index is 0.104. The molecular formula is C23H30N3OS2+. The number of thiophene rings is 1. The fraction of sp³-hybridized carbons (Fsp3) is 0.478. The van der Waals surface area contributed by atoms with Gasteiger partial charge in [0, 0.05) is 12.2 Å². The zero-order chi connectivity index (χ0) is 20.4. The Hall–Kier alpha value is -1.63. The summed E-state index contributed by atoms with van der Waals surface area (Å²) < 4.78 is 1.85. The largest absolute Gasteiger partial charge is 0.333 e. The van der Waals surface area contributed by atoms with Gasteiger partial charge in [-0.25, -0.2) is 4.98 Å². The number of aryl methyl sites for hydroxylation is 1. The molecule has 1 aliphatic heterocycles. The van der Waals surface area contributed by atoms with Gasteiger partial charge in [-0.15, -0.1) is 11.3 Å². The first kappa shape index (κ1) is 20.6. The second kappa shape index (κ2) is 9.02. The number of likely N-dealkylation sites (N-methyl/N-ethyl adjacent to an activating group) is 1. The normalized spacial score (nSPS) is 16.3. The molecule has 1 aliphatic rings. The number of unbranched alkanes of at least 4 members (excludes halogenated alkanes) is 3. The standard InChI is InChI=1S/C23H29N3OS2/c1-4-5-6-7-14-28-23-24-21-20(18-12-13-25(3)15-19(18)29-21)22(27)26(23)17-10-8-16(2)9-11-17/h8-11H,4-7,12-15H2,1-3H3/p+1. The molecule has 4 rings (SSSR count). The smallest absolute Gasteiger partial charge is 0.267 e. The number of thioether (sulfide) groups is 1. The number of aromatic nitrogens is 2. The van der Waals surface area contributed by atoms with E-state index in [2.05, 4.69) is 33.0 Å². The van der Waals surface area contributed by atoms with Crippen molar-refractivity contribution in [3.63, 3.8) is 0 Å². The van der Waals surface area contributed by atoms with Crippen LogP contribution < -0.4 is 10.5 Å². The first-order valence-corrected chi connectivity index (χ1v) is 12.5. The lowest BCUT2D eigenvalue weighted by Crippen LogP contribution is -3.08. The minimum atomic E-state index is 0.104. The molecule has 3 heterocycles. The van der Waals surface area contributed by atoms with E-state index in [1.807, 2.05) is 16.7 Å². The number of hydrogen-bond donors (Lipinski definition) is 1. The van der Waals surface area contributed by atoms with Gasteiger partial charge in [-0.2, -0.15) is 0 Å². The summed E-state index contributed by atoms with van der Waals surface area (Å²) in [5, 5.41) is 1.69. The van der Waals surface area contributed by atoms with Crippen LogP contribution in [0.5, 0.6) is 0 Å². The van der Waals surface area contributed by atoms with E-state index < -0.39 is 0 Å². The Morgan fingerprint density at radius 3 is 2.76 bits per heavy atom. The van der Waals surface area contributed by atoms with Crippen molar-refractivity contribution < 1.29 is 4.90 Å². The number of fused-ring (bicyclic) bond motifs is 3. The fourth-order valence-electron chi connectivity index (χ4n) is 3.95. The average molecular weight is 429 g/mol. The second-order valence-corrected chi connectivity index (χ2v) is 10.2. The monoisotopic (exact) mass is 428 g/mol. The van der Waals surface area contributed by atoms with Crippen LogP contribution in [-0.4, -0.2) is 28.9 Å². The Bertz CT molecular complexity index is 1050. The van der Waals surface area contributed by atoms with Crippen LogP contribution in [0, 0.1) is 6.92 Å². The Morgan fingerprint density at radius 1 is 1.21 bits per heavy atom. The van der Waals surface area contributed by atoms with E-state index >= 15 is 0 Å². The van der Waals surface area contributed by atoms with Gasteiger partial charge in [0.2, 0.25) is 0 Å². The molecule has 0 saturated carbocycles. The number of hydrogen-bond acceptors (Lipinski definition) is 4. The molecule has 0 bridgehead atoms. The molecule has 0 aliphatic carbocycles. The van der Waals surface area contributed by atoms with Crippen molar-refractivity contribution in [1.82, 2.24) is 9.55 Å². The van der Waals surface area contributed by atoms with Crippen molar-refractivity contribution in [1.29, 1.82) is 0 Å². The first-order valence-electron chi connectivity index (χ1n) is 10.7. The van der Waals surface area contributed by atoms with Crippen LogP contribution in [0.4, 0.5) is 0 Å². The second-order valence-electron chi connectivity index (χ2n) is 8.10. The Morgan fingerprint density at radius 2 is 2.00 bits per heavy atom.